The lowest BCUT2D eigenvalue weighted by molar-refractivity contribution is -0.127. The van der Waals surface area contributed by atoms with Gasteiger partial charge in [-0.15, -0.1) is 24.0 Å². The number of halogens is 1. The summed E-state index contributed by atoms with van der Waals surface area (Å²) in [6, 6.07) is 10.1. The smallest absolute Gasteiger partial charge is 0.241 e. The van der Waals surface area contributed by atoms with Gasteiger partial charge in [0.05, 0.1) is 13.1 Å². The van der Waals surface area contributed by atoms with Crippen LogP contribution in [0.1, 0.15) is 18.4 Å². The third-order valence-corrected chi connectivity index (χ3v) is 3.93. The zero-order valence-electron chi connectivity index (χ0n) is 14.7. The SMILES string of the molecule is CSCCCCNC(=NCc1ccccc1)NCC(=O)N(C)C.I. The van der Waals surface area contributed by atoms with Gasteiger partial charge >= 0.3 is 0 Å². The molecule has 7 heteroatoms. The summed E-state index contributed by atoms with van der Waals surface area (Å²) in [6.45, 7) is 1.70. The molecule has 0 radical (unpaired) electrons. The summed E-state index contributed by atoms with van der Waals surface area (Å²) >= 11 is 1.86. The largest absolute Gasteiger partial charge is 0.356 e. The zero-order valence-corrected chi connectivity index (χ0v) is 17.9. The number of amides is 1. The van der Waals surface area contributed by atoms with Crippen molar-refractivity contribution in [3.63, 3.8) is 0 Å². The maximum atomic E-state index is 11.7. The number of guanidine groups is 1. The maximum absolute atomic E-state index is 11.7. The van der Waals surface area contributed by atoms with Gasteiger partial charge in [-0.2, -0.15) is 11.8 Å². The van der Waals surface area contributed by atoms with Gasteiger partial charge in [-0.05, 0) is 30.4 Å². The monoisotopic (exact) mass is 464 g/mol. The fourth-order valence-corrected chi connectivity index (χ4v) is 2.32. The quantitative estimate of drug-likeness (QED) is 0.255. The molecule has 0 atom stereocenters. The summed E-state index contributed by atoms with van der Waals surface area (Å²) in [7, 11) is 3.50. The normalized spacial score (nSPS) is 10.7. The van der Waals surface area contributed by atoms with Crippen molar-refractivity contribution in [3.8, 4) is 0 Å². The van der Waals surface area contributed by atoms with Crippen LogP contribution in [0.3, 0.4) is 0 Å². The summed E-state index contributed by atoms with van der Waals surface area (Å²) in [4.78, 5) is 17.8. The summed E-state index contributed by atoms with van der Waals surface area (Å²) < 4.78 is 0. The van der Waals surface area contributed by atoms with Crippen molar-refractivity contribution in [1.82, 2.24) is 15.5 Å². The summed E-state index contributed by atoms with van der Waals surface area (Å²) in [5.41, 5.74) is 1.15. The lowest BCUT2D eigenvalue weighted by atomic mass is 10.2. The molecule has 0 unspecified atom stereocenters. The number of benzene rings is 1. The first-order chi connectivity index (χ1) is 11.1. The Morgan fingerprint density at radius 2 is 1.88 bits per heavy atom. The number of nitrogens with zero attached hydrogens (tertiary/aromatic N) is 2. The molecule has 1 rings (SSSR count). The minimum atomic E-state index is 0. The Hall–Kier alpha value is -0.960. The van der Waals surface area contributed by atoms with Gasteiger partial charge in [-0.3, -0.25) is 4.79 Å². The average molecular weight is 464 g/mol. The molecule has 5 nitrogen and oxygen atoms in total. The summed E-state index contributed by atoms with van der Waals surface area (Å²) in [5, 5.41) is 6.41. The summed E-state index contributed by atoms with van der Waals surface area (Å²) in [5.74, 6) is 1.89. The van der Waals surface area contributed by atoms with Crippen LogP contribution in [0.4, 0.5) is 0 Å². The minimum absolute atomic E-state index is 0. The number of thioether (sulfide) groups is 1. The Morgan fingerprint density at radius 1 is 1.17 bits per heavy atom. The molecule has 0 aliphatic heterocycles. The molecule has 0 aliphatic carbocycles. The lowest BCUT2D eigenvalue weighted by Crippen LogP contribution is -2.43. The van der Waals surface area contributed by atoms with Gasteiger partial charge in [0.2, 0.25) is 5.91 Å². The highest BCUT2D eigenvalue weighted by Gasteiger charge is 2.05. The van der Waals surface area contributed by atoms with Gasteiger partial charge in [0.25, 0.3) is 0 Å². The molecule has 0 spiro atoms. The Labute approximate surface area is 167 Å². The van der Waals surface area contributed by atoms with Gasteiger partial charge in [0.1, 0.15) is 0 Å². The molecule has 0 saturated heterocycles. The molecule has 0 bridgehead atoms. The highest BCUT2D eigenvalue weighted by molar-refractivity contribution is 14.0. The first kappa shape index (κ1) is 23.0. The predicted octanol–water partition coefficient (Wildman–Crippen LogP) is 2.57. The fourth-order valence-electron chi connectivity index (χ4n) is 1.82. The van der Waals surface area contributed by atoms with Crippen molar-refractivity contribution in [2.24, 2.45) is 4.99 Å². The van der Waals surface area contributed by atoms with Crippen molar-refractivity contribution in [2.45, 2.75) is 19.4 Å². The molecular formula is C17H29IN4OS. The van der Waals surface area contributed by atoms with Gasteiger partial charge in [0, 0.05) is 20.6 Å². The van der Waals surface area contributed by atoms with Gasteiger partial charge in [-0.25, -0.2) is 4.99 Å². The molecule has 0 saturated carbocycles. The molecule has 0 aliphatic rings. The van der Waals surface area contributed by atoms with E-state index in [-0.39, 0.29) is 36.4 Å². The average Bonchev–Trinajstić information content (AvgIpc) is 2.56. The van der Waals surface area contributed by atoms with Gasteiger partial charge in [0.15, 0.2) is 5.96 Å². The fraction of sp³-hybridized carbons (Fsp3) is 0.529. The van der Waals surface area contributed by atoms with Gasteiger partial charge < -0.3 is 15.5 Å². The van der Waals surface area contributed by atoms with Crippen LogP contribution >= 0.6 is 35.7 Å². The van der Waals surface area contributed by atoms with Crippen molar-refractivity contribution in [3.05, 3.63) is 35.9 Å². The number of likely N-dealkylation sites (N-methyl/N-ethyl adjacent to an activating group) is 1. The van der Waals surface area contributed by atoms with E-state index in [1.54, 1.807) is 19.0 Å². The van der Waals surface area contributed by atoms with Gasteiger partial charge in [-0.1, -0.05) is 30.3 Å². The van der Waals surface area contributed by atoms with Crippen LogP contribution in [0.25, 0.3) is 0 Å². The van der Waals surface area contributed by atoms with E-state index in [1.165, 1.54) is 12.2 Å². The molecule has 24 heavy (non-hydrogen) atoms. The van der Waals surface area contributed by atoms with E-state index in [0.29, 0.717) is 12.5 Å². The minimum Gasteiger partial charge on any atom is -0.356 e. The number of aliphatic imine (C=N–C) groups is 1. The zero-order chi connectivity index (χ0) is 16.9. The lowest BCUT2D eigenvalue weighted by Gasteiger charge is -2.15. The van der Waals surface area contributed by atoms with E-state index < -0.39 is 0 Å². The second-order valence-corrected chi connectivity index (χ2v) is 6.40. The van der Waals surface area contributed by atoms with Crippen LogP contribution in [0, 0.1) is 0 Å². The number of rotatable bonds is 9. The number of nitrogens with one attached hydrogen (secondary N) is 2. The van der Waals surface area contributed by atoms with Crippen molar-refractivity contribution in [2.75, 3.05) is 39.2 Å². The highest BCUT2D eigenvalue weighted by Crippen LogP contribution is 2.00. The van der Waals surface area contributed by atoms with Crippen molar-refractivity contribution >= 4 is 47.6 Å². The molecule has 136 valence electrons. The Bertz CT molecular complexity index is 483. The van der Waals surface area contributed by atoms with Crippen molar-refractivity contribution < 1.29 is 4.79 Å². The van der Waals surface area contributed by atoms with Crippen LogP contribution in [0.15, 0.2) is 35.3 Å². The van der Waals surface area contributed by atoms with E-state index in [4.69, 9.17) is 0 Å². The molecular weight excluding hydrogens is 435 g/mol. The highest BCUT2D eigenvalue weighted by atomic mass is 127. The number of hydrogen-bond acceptors (Lipinski definition) is 3. The standard InChI is InChI=1S/C17H28N4OS.HI/c1-21(2)16(22)14-20-17(18-11-7-8-12-23-3)19-13-15-9-5-4-6-10-15;/h4-6,9-10H,7-8,11-14H2,1-3H3,(H2,18,19,20);1H. The predicted molar refractivity (Wildman–Crippen MR) is 115 cm³/mol. The molecule has 1 aromatic rings. The van der Waals surface area contributed by atoms with Crippen molar-refractivity contribution in [1.29, 1.82) is 0 Å². The molecule has 1 amide bonds. The molecule has 1 aromatic carbocycles. The van der Waals surface area contributed by atoms with Crippen LogP contribution < -0.4 is 10.6 Å². The molecule has 0 fully saturated rings. The number of carbonyl (C=O) groups is 1. The Morgan fingerprint density at radius 3 is 2.50 bits per heavy atom. The number of carbonyl (C=O) groups excluding carboxylic acids is 1. The Kier molecular flexibility index (Phi) is 13.8. The molecule has 0 heterocycles. The Balaban J connectivity index is 0.00000529. The van der Waals surface area contributed by atoms with Crippen LogP contribution in [-0.4, -0.2) is 56.0 Å². The van der Waals surface area contributed by atoms with Crippen LogP contribution in [0.5, 0.6) is 0 Å². The second-order valence-electron chi connectivity index (χ2n) is 5.42. The first-order valence-corrected chi connectivity index (χ1v) is 9.28. The molecule has 0 aromatic heterocycles. The third-order valence-electron chi connectivity index (χ3n) is 3.24. The van der Waals surface area contributed by atoms with Crippen LogP contribution in [-0.2, 0) is 11.3 Å². The second kappa shape index (κ2) is 14.4. The van der Waals surface area contributed by atoms with E-state index in [0.717, 1.165) is 18.5 Å². The third kappa shape index (κ3) is 10.7. The van der Waals surface area contributed by atoms with E-state index in [2.05, 4.69) is 21.9 Å². The van der Waals surface area contributed by atoms with E-state index in [1.807, 2.05) is 42.1 Å². The topological polar surface area (TPSA) is 56.7 Å². The van der Waals surface area contributed by atoms with E-state index in [9.17, 15) is 4.79 Å². The summed E-state index contributed by atoms with van der Waals surface area (Å²) in [6.07, 6.45) is 4.39. The maximum Gasteiger partial charge on any atom is 0.241 e. The first-order valence-electron chi connectivity index (χ1n) is 7.88. The number of hydrogen-bond donors (Lipinski definition) is 2. The van der Waals surface area contributed by atoms with Crippen LogP contribution in [0.2, 0.25) is 0 Å². The number of unbranched alkanes of at least 4 members (excludes halogenated alkanes) is 1. The molecule has 2 N–H and O–H groups in total. The van der Waals surface area contributed by atoms with E-state index >= 15 is 0 Å².